The van der Waals surface area contributed by atoms with Gasteiger partial charge in [-0.2, -0.15) is 11.3 Å². The molecular weight excluding hydrogens is 214 g/mol. The van der Waals surface area contributed by atoms with Crippen molar-refractivity contribution in [1.29, 1.82) is 0 Å². The van der Waals surface area contributed by atoms with E-state index in [9.17, 15) is 0 Å². The normalized spacial score (nSPS) is 13.2. The average Bonchev–Trinajstić information content (AvgIpc) is 2.70. The molecule has 1 atom stereocenters. The van der Waals surface area contributed by atoms with Gasteiger partial charge in [0.2, 0.25) is 0 Å². The molecule has 0 spiro atoms. The van der Waals surface area contributed by atoms with E-state index in [1.165, 1.54) is 31.4 Å². The Bertz CT molecular complexity index is 254. The first kappa shape index (κ1) is 13.7. The van der Waals surface area contributed by atoms with Gasteiger partial charge < -0.3 is 5.32 Å². The van der Waals surface area contributed by atoms with Crippen molar-refractivity contribution in [3.8, 4) is 0 Å². The molecule has 1 aromatic rings. The molecule has 16 heavy (non-hydrogen) atoms. The summed E-state index contributed by atoms with van der Waals surface area (Å²) in [6.45, 7) is 9.12. The maximum absolute atomic E-state index is 3.59. The number of hydrogen-bond donors (Lipinski definition) is 1. The Morgan fingerprint density at radius 3 is 2.69 bits per heavy atom. The summed E-state index contributed by atoms with van der Waals surface area (Å²) in [5.41, 5.74) is 1.51. The molecule has 1 N–H and O–H groups in total. The van der Waals surface area contributed by atoms with E-state index in [2.05, 4.69) is 42.9 Å². The second-order valence-corrected chi connectivity index (χ2v) is 5.82. The van der Waals surface area contributed by atoms with E-state index in [0.29, 0.717) is 0 Å². The van der Waals surface area contributed by atoms with E-state index in [4.69, 9.17) is 0 Å². The van der Waals surface area contributed by atoms with Crippen molar-refractivity contribution in [2.24, 2.45) is 11.8 Å². The third-order valence-corrected chi connectivity index (χ3v) is 3.52. The maximum atomic E-state index is 3.59. The minimum atomic E-state index is 0.753. The fourth-order valence-electron chi connectivity index (χ4n) is 2.00. The van der Waals surface area contributed by atoms with Crippen molar-refractivity contribution in [2.75, 3.05) is 13.1 Å². The lowest BCUT2D eigenvalue weighted by Crippen LogP contribution is -2.27. The third kappa shape index (κ3) is 5.66. The van der Waals surface area contributed by atoms with Crippen LogP contribution in [0.2, 0.25) is 0 Å². The van der Waals surface area contributed by atoms with Crippen molar-refractivity contribution < 1.29 is 0 Å². The summed E-state index contributed by atoms with van der Waals surface area (Å²) in [5.74, 6) is 1.56. The Morgan fingerprint density at radius 2 is 2.12 bits per heavy atom. The highest BCUT2D eigenvalue weighted by Crippen LogP contribution is 2.16. The first-order valence-electron chi connectivity index (χ1n) is 6.44. The van der Waals surface area contributed by atoms with Gasteiger partial charge in [-0.05, 0) is 60.2 Å². The van der Waals surface area contributed by atoms with Gasteiger partial charge in [-0.25, -0.2) is 0 Å². The molecule has 0 saturated carbocycles. The Hall–Kier alpha value is -0.340. The van der Waals surface area contributed by atoms with Crippen LogP contribution in [-0.4, -0.2) is 13.1 Å². The van der Waals surface area contributed by atoms with Crippen LogP contribution in [0, 0.1) is 11.8 Å². The van der Waals surface area contributed by atoms with Gasteiger partial charge in [-0.1, -0.05) is 27.2 Å². The minimum Gasteiger partial charge on any atom is -0.316 e. The number of hydrogen-bond acceptors (Lipinski definition) is 2. The van der Waals surface area contributed by atoms with Crippen molar-refractivity contribution >= 4 is 11.3 Å². The molecule has 0 aliphatic carbocycles. The predicted molar refractivity (Wildman–Crippen MR) is 74.1 cm³/mol. The topological polar surface area (TPSA) is 12.0 Å². The lowest BCUT2D eigenvalue weighted by atomic mass is 9.96. The number of nitrogens with one attached hydrogen (secondary N) is 1. The summed E-state index contributed by atoms with van der Waals surface area (Å²) in [7, 11) is 0. The van der Waals surface area contributed by atoms with Crippen LogP contribution in [0.4, 0.5) is 0 Å². The Morgan fingerprint density at radius 1 is 1.31 bits per heavy atom. The fraction of sp³-hybridized carbons (Fsp3) is 0.714. The smallest absolute Gasteiger partial charge is 0.00172 e. The van der Waals surface area contributed by atoms with E-state index >= 15 is 0 Å². The first-order chi connectivity index (χ1) is 7.72. The zero-order valence-corrected chi connectivity index (χ0v) is 11.6. The molecule has 1 nitrogen and oxygen atoms in total. The van der Waals surface area contributed by atoms with Gasteiger partial charge in [-0.3, -0.25) is 0 Å². The van der Waals surface area contributed by atoms with Crippen molar-refractivity contribution in [2.45, 2.75) is 40.0 Å². The van der Waals surface area contributed by atoms with Crippen molar-refractivity contribution in [3.63, 3.8) is 0 Å². The van der Waals surface area contributed by atoms with Crippen LogP contribution in [-0.2, 0) is 6.42 Å². The highest BCUT2D eigenvalue weighted by atomic mass is 32.1. The molecule has 0 aliphatic rings. The van der Waals surface area contributed by atoms with E-state index in [0.717, 1.165) is 18.4 Å². The van der Waals surface area contributed by atoms with Crippen LogP contribution in [0.25, 0.3) is 0 Å². The molecule has 0 radical (unpaired) electrons. The predicted octanol–water partition coefficient (Wildman–Crippen LogP) is 3.95. The van der Waals surface area contributed by atoms with Crippen LogP contribution < -0.4 is 5.32 Å². The van der Waals surface area contributed by atoms with Gasteiger partial charge in [0.25, 0.3) is 0 Å². The van der Waals surface area contributed by atoms with E-state index in [1.807, 2.05) is 11.3 Å². The maximum Gasteiger partial charge on any atom is -0.00172 e. The number of thiophene rings is 1. The molecule has 1 rings (SSSR count). The second-order valence-electron chi connectivity index (χ2n) is 5.04. The lowest BCUT2D eigenvalue weighted by Gasteiger charge is -2.17. The summed E-state index contributed by atoms with van der Waals surface area (Å²) in [4.78, 5) is 0. The standard InChI is InChI=1S/C14H25NS/c1-4-5-13(10-15-9-12(2)3)8-14-6-7-16-11-14/h6-7,11-13,15H,4-5,8-10H2,1-3H3. The monoisotopic (exact) mass is 239 g/mol. The molecule has 92 valence electrons. The molecule has 1 unspecified atom stereocenters. The molecule has 0 amide bonds. The van der Waals surface area contributed by atoms with E-state index in [-0.39, 0.29) is 0 Å². The summed E-state index contributed by atoms with van der Waals surface area (Å²) in [6.07, 6.45) is 3.86. The molecule has 0 bridgehead atoms. The van der Waals surface area contributed by atoms with Gasteiger partial charge in [0.05, 0.1) is 0 Å². The lowest BCUT2D eigenvalue weighted by molar-refractivity contribution is 0.421. The molecule has 0 aromatic carbocycles. The van der Waals surface area contributed by atoms with E-state index < -0.39 is 0 Å². The Balaban J connectivity index is 2.29. The minimum absolute atomic E-state index is 0.753. The van der Waals surface area contributed by atoms with Crippen molar-refractivity contribution in [1.82, 2.24) is 5.32 Å². The van der Waals surface area contributed by atoms with Crippen LogP contribution in [0.3, 0.4) is 0 Å². The summed E-state index contributed by atoms with van der Waals surface area (Å²) >= 11 is 1.81. The largest absolute Gasteiger partial charge is 0.316 e. The molecule has 1 aromatic heterocycles. The van der Waals surface area contributed by atoms with Crippen LogP contribution in [0.15, 0.2) is 16.8 Å². The molecule has 0 saturated heterocycles. The van der Waals surface area contributed by atoms with Gasteiger partial charge >= 0.3 is 0 Å². The second kappa shape index (κ2) is 7.86. The Kier molecular flexibility index (Phi) is 6.74. The summed E-state index contributed by atoms with van der Waals surface area (Å²) in [5, 5.41) is 8.05. The molecule has 0 fully saturated rings. The van der Waals surface area contributed by atoms with Gasteiger partial charge in [-0.15, -0.1) is 0 Å². The third-order valence-electron chi connectivity index (χ3n) is 2.79. The van der Waals surface area contributed by atoms with Gasteiger partial charge in [0.1, 0.15) is 0 Å². The summed E-state index contributed by atoms with van der Waals surface area (Å²) < 4.78 is 0. The van der Waals surface area contributed by atoms with Crippen LogP contribution >= 0.6 is 11.3 Å². The van der Waals surface area contributed by atoms with Crippen LogP contribution in [0.1, 0.15) is 39.2 Å². The van der Waals surface area contributed by atoms with Crippen molar-refractivity contribution in [3.05, 3.63) is 22.4 Å². The quantitative estimate of drug-likeness (QED) is 0.724. The highest BCUT2D eigenvalue weighted by Gasteiger charge is 2.09. The molecular formula is C14H25NS. The molecule has 1 heterocycles. The van der Waals surface area contributed by atoms with Gasteiger partial charge in [0, 0.05) is 0 Å². The van der Waals surface area contributed by atoms with E-state index in [1.54, 1.807) is 0 Å². The molecule has 0 aliphatic heterocycles. The average molecular weight is 239 g/mol. The number of rotatable bonds is 8. The fourth-order valence-corrected chi connectivity index (χ4v) is 2.68. The zero-order chi connectivity index (χ0) is 11.8. The van der Waals surface area contributed by atoms with Crippen LogP contribution in [0.5, 0.6) is 0 Å². The summed E-state index contributed by atoms with van der Waals surface area (Å²) in [6, 6.07) is 2.26. The molecule has 2 heteroatoms. The zero-order valence-electron chi connectivity index (χ0n) is 10.8. The Labute approximate surface area is 104 Å². The van der Waals surface area contributed by atoms with Gasteiger partial charge in [0.15, 0.2) is 0 Å². The first-order valence-corrected chi connectivity index (χ1v) is 7.38. The SMILES string of the molecule is CCCC(CNCC(C)C)Cc1ccsc1. The highest BCUT2D eigenvalue weighted by molar-refractivity contribution is 7.07.